The van der Waals surface area contributed by atoms with Crippen LogP contribution in [0.5, 0.6) is 5.75 Å². The quantitative estimate of drug-likeness (QED) is 0.244. The summed E-state index contributed by atoms with van der Waals surface area (Å²) in [4.78, 5) is 14.7. The number of methoxy groups -OCH3 is 1. The number of nitrogens with zero attached hydrogens (tertiary/aromatic N) is 1. The van der Waals surface area contributed by atoms with Crippen molar-refractivity contribution < 1.29 is 36.7 Å². The molecular weight excluding hydrogens is 578 g/mol. The first kappa shape index (κ1) is 32.4. The van der Waals surface area contributed by atoms with Crippen LogP contribution in [-0.4, -0.2) is 69.1 Å². The minimum absolute atomic E-state index is 0. The molecule has 0 spiro atoms. The fourth-order valence-electron chi connectivity index (χ4n) is 4.89. The predicted molar refractivity (Wildman–Crippen MR) is 152 cm³/mol. The first-order valence-corrected chi connectivity index (χ1v) is 14.4. The van der Waals surface area contributed by atoms with Crippen molar-refractivity contribution in [3.05, 3.63) is 83.9 Å². The van der Waals surface area contributed by atoms with E-state index in [0.717, 1.165) is 23.3 Å². The van der Waals surface area contributed by atoms with Crippen LogP contribution in [0.15, 0.2) is 71.6 Å². The van der Waals surface area contributed by atoms with E-state index in [4.69, 9.17) is 9.47 Å². The van der Waals surface area contributed by atoms with Crippen LogP contribution in [0, 0.1) is 11.6 Å². The second kappa shape index (κ2) is 14.2. The summed E-state index contributed by atoms with van der Waals surface area (Å²) in [6.45, 7) is 2.14. The van der Waals surface area contributed by atoms with E-state index in [2.05, 4.69) is 0 Å². The van der Waals surface area contributed by atoms with Gasteiger partial charge in [0.05, 0.1) is 18.1 Å². The zero-order valence-corrected chi connectivity index (χ0v) is 24.1. The number of sulfone groups is 1. The molecule has 3 aromatic carbocycles. The molecule has 4 rings (SSSR count). The Hall–Kier alpha value is -3.09. The normalized spacial score (nSPS) is 15.1. The first-order valence-electron chi connectivity index (χ1n) is 12.9. The number of piperidine rings is 1. The second-order valence-electron chi connectivity index (χ2n) is 9.67. The van der Waals surface area contributed by atoms with E-state index in [9.17, 15) is 27.2 Å². The number of carbonyl (C=O) groups excluding carboxylic acids is 1. The van der Waals surface area contributed by atoms with Gasteiger partial charge in [0.2, 0.25) is 0 Å². The average molecular weight is 611 g/mol. The van der Waals surface area contributed by atoms with Gasteiger partial charge in [0.1, 0.15) is 5.75 Å². The van der Waals surface area contributed by atoms with Crippen LogP contribution in [0.1, 0.15) is 18.4 Å². The van der Waals surface area contributed by atoms with E-state index in [1.807, 2.05) is 29.2 Å². The number of halogens is 3. The lowest BCUT2D eigenvalue weighted by atomic mass is 9.95. The van der Waals surface area contributed by atoms with Gasteiger partial charge in [-0.3, -0.25) is 10.0 Å². The summed E-state index contributed by atoms with van der Waals surface area (Å²) in [5.74, 6) is -2.30. The van der Waals surface area contributed by atoms with Crippen molar-refractivity contribution in [2.24, 2.45) is 0 Å². The van der Waals surface area contributed by atoms with Gasteiger partial charge in [0, 0.05) is 33.2 Å². The van der Waals surface area contributed by atoms with Gasteiger partial charge >= 0.3 is 0 Å². The number of hydrogen-bond acceptors (Lipinski definition) is 7. The Labute approximate surface area is 244 Å². The number of amides is 1. The molecule has 1 aliphatic rings. The maximum absolute atomic E-state index is 13.6. The minimum Gasteiger partial charge on any atom is -0.493 e. The molecule has 0 radical (unpaired) electrons. The van der Waals surface area contributed by atoms with Gasteiger partial charge in [-0.25, -0.2) is 22.7 Å². The van der Waals surface area contributed by atoms with E-state index in [-0.39, 0.29) is 30.1 Å². The highest BCUT2D eigenvalue weighted by Crippen LogP contribution is 2.36. The molecule has 12 heteroatoms. The topological polar surface area (TPSA) is 105 Å². The fraction of sp³-hybridized carbons (Fsp3) is 0.345. The van der Waals surface area contributed by atoms with Crippen LogP contribution in [0.2, 0.25) is 0 Å². The standard InChI is InChI=1S/C29H32F2N2O6S.ClH/c1-38-18-16-33-14-12-29(13-15-33,28(34)32-35)40(36,37)25-8-6-24(7-9-25)39-17-11-21-3-2-4-22(19-21)23-5-10-26(30)27(31)20-23;/h2-10,19-20,35H,11-18H2,1H3,(H,32,34);1H. The zero-order chi connectivity index (χ0) is 28.8. The number of benzene rings is 3. The molecule has 2 N–H and O–H groups in total. The fourth-order valence-corrected chi connectivity index (χ4v) is 6.84. The number of carbonyl (C=O) groups is 1. The van der Waals surface area contributed by atoms with Crippen LogP contribution < -0.4 is 10.2 Å². The Bertz CT molecular complexity index is 1430. The lowest BCUT2D eigenvalue weighted by Gasteiger charge is -2.39. The lowest BCUT2D eigenvalue weighted by Crippen LogP contribution is -2.57. The third-order valence-electron chi connectivity index (χ3n) is 7.28. The van der Waals surface area contributed by atoms with Crippen LogP contribution in [0.25, 0.3) is 11.1 Å². The molecule has 222 valence electrons. The Morgan fingerprint density at radius 1 is 0.976 bits per heavy atom. The third-order valence-corrected chi connectivity index (χ3v) is 9.79. The van der Waals surface area contributed by atoms with Crippen LogP contribution in [0.4, 0.5) is 8.78 Å². The first-order chi connectivity index (χ1) is 19.2. The van der Waals surface area contributed by atoms with Gasteiger partial charge in [-0.15, -0.1) is 12.4 Å². The van der Waals surface area contributed by atoms with Crippen LogP contribution in [0.3, 0.4) is 0 Å². The molecule has 0 aromatic heterocycles. The molecular formula is C29H33ClF2N2O6S. The van der Waals surface area contributed by atoms with Crippen molar-refractivity contribution in [3.63, 3.8) is 0 Å². The predicted octanol–water partition coefficient (Wildman–Crippen LogP) is 4.44. The number of likely N-dealkylation sites (tertiary alicyclic amines) is 1. The van der Waals surface area contributed by atoms with Crippen LogP contribution >= 0.6 is 12.4 Å². The molecule has 1 fully saturated rings. The van der Waals surface area contributed by atoms with Crippen molar-refractivity contribution in [3.8, 4) is 16.9 Å². The summed E-state index contributed by atoms with van der Waals surface area (Å²) in [6, 6.07) is 17.0. The van der Waals surface area contributed by atoms with Gasteiger partial charge in [-0.05, 0) is 65.9 Å². The number of hydroxylamine groups is 1. The minimum atomic E-state index is -4.13. The smallest absolute Gasteiger partial charge is 0.265 e. The Balaban J connectivity index is 0.00000462. The van der Waals surface area contributed by atoms with Gasteiger partial charge in [0.15, 0.2) is 26.2 Å². The zero-order valence-electron chi connectivity index (χ0n) is 22.5. The molecule has 1 amide bonds. The Morgan fingerprint density at radius 2 is 1.66 bits per heavy atom. The molecule has 0 saturated carbocycles. The monoisotopic (exact) mass is 610 g/mol. The molecule has 3 aromatic rings. The van der Waals surface area contributed by atoms with E-state index < -0.39 is 32.1 Å². The summed E-state index contributed by atoms with van der Waals surface area (Å²) in [7, 11) is -2.55. The average Bonchev–Trinajstić information content (AvgIpc) is 2.97. The highest BCUT2D eigenvalue weighted by Gasteiger charge is 2.52. The van der Waals surface area contributed by atoms with E-state index in [1.54, 1.807) is 12.6 Å². The molecule has 1 aliphatic heterocycles. The molecule has 1 saturated heterocycles. The third kappa shape index (κ3) is 7.22. The molecule has 0 aliphatic carbocycles. The Kier molecular flexibility index (Phi) is 11.2. The summed E-state index contributed by atoms with van der Waals surface area (Å²) < 4.78 is 63.3. The maximum atomic E-state index is 13.6. The van der Waals surface area contributed by atoms with Crippen LogP contribution in [-0.2, 0) is 25.8 Å². The maximum Gasteiger partial charge on any atom is 0.265 e. The van der Waals surface area contributed by atoms with E-state index in [1.165, 1.54) is 30.3 Å². The molecule has 0 unspecified atom stereocenters. The number of rotatable bonds is 11. The highest BCUT2D eigenvalue weighted by molar-refractivity contribution is 7.93. The number of ether oxygens (including phenoxy) is 2. The van der Waals surface area contributed by atoms with E-state index in [0.29, 0.717) is 50.6 Å². The number of hydrogen-bond donors (Lipinski definition) is 2. The van der Waals surface area contributed by atoms with Crippen molar-refractivity contribution >= 4 is 28.2 Å². The SMILES string of the molecule is COCCN1CCC(C(=O)NO)(S(=O)(=O)c2ccc(OCCc3cccc(-c4ccc(F)c(F)c4)c3)cc2)CC1.Cl. The highest BCUT2D eigenvalue weighted by atomic mass is 35.5. The van der Waals surface area contributed by atoms with E-state index >= 15 is 0 Å². The summed E-state index contributed by atoms with van der Waals surface area (Å²) >= 11 is 0. The second-order valence-corrected chi connectivity index (χ2v) is 11.9. The lowest BCUT2D eigenvalue weighted by molar-refractivity contribution is -0.133. The van der Waals surface area contributed by atoms with Crippen molar-refractivity contribution in [1.82, 2.24) is 10.4 Å². The van der Waals surface area contributed by atoms with Crippen molar-refractivity contribution in [2.75, 3.05) is 40.0 Å². The summed E-state index contributed by atoms with van der Waals surface area (Å²) in [5.41, 5.74) is 3.80. The number of nitrogens with one attached hydrogen (secondary N) is 1. The van der Waals surface area contributed by atoms with Gasteiger partial charge in [-0.2, -0.15) is 0 Å². The van der Waals surface area contributed by atoms with Crippen molar-refractivity contribution in [2.45, 2.75) is 28.9 Å². The molecule has 8 nitrogen and oxygen atoms in total. The molecule has 0 bridgehead atoms. The largest absolute Gasteiger partial charge is 0.493 e. The van der Waals surface area contributed by atoms with Gasteiger partial charge < -0.3 is 14.4 Å². The summed E-state index contributed by atoms with van der Waals surface area (Å²) in [5, 5.41) is 9.36. The van der Waals surface area contributed by atoms with Gasteiger partial charge in [0.25, 0.3) is 5.91 Å². The Morgan fingerprint density at radius 3 is 2.29 bits per heavy atom. The molecule has 41 heavy (non-hydrogen) atoms. The summed E-state index contributed by atoms with van der Waals surface area (Å²) in [6.07, 6.45) is 0.595. The molecule has 1 heterocycles. The molecule has 0 atom stereocenters. The van der Waals surface area contributed by atoms with Gasteiger partial charge in [-0.1, -0.05) is 30.3 Å². The van der Waals surface area contributed by atoms with Crippen molar-refractivity contribution in [1.29, 1.82) is 0 Å².